The Morgan fingerprint density at radius 1 is 1.04 bits per heavy atom. The lowest BCUT2D eigenvalue weighted by Crippen LogP contribution is -2.59. The first-order chi connectivity index (χ1) is 22.3. The lowest BCUT2D eigenvalue weighted by Gasteiger charge is -2.48. The molecule has 3 unspecified atom stereocenters. The topological polar surface area (TPSA) is 87.9 Å². The van der Waals surface area contributed by atoms with E-state index < -0.39 is 53.5 Å². The quantitative estimate of drug-likeness (QED) is 0.220. The van der Waals surface area contributed by atoms with Gasteiger partial charge in [-0.2, -0.15) is 0 Å². The molecule has 9 nitrogen and oxygen atoms in total. The van der Waals surface area contributed by atoms with Gasteiger partial charge in [-0.3, -0.25) is 4.79 Å². The highest BCUT2D eigenvalue weighted by Crippen LogP contribution is 2.45. The number of fused-ring (bicyclic) bond motifs is 1. The van der Waals surface area contributed by atoms with Crippen LogP contribution in [0.1, 0.15) is 34.7 Å². The zero-order valence-corrected chi connectivity index (χ0v) is 26.0. The number of hydrogen-bond acceptors (Lipinski definition) is 8. The predicted octanol–water partition coefficient (Wildman–Crippen LogP) is 6.05. The van der Waals surface area contributed by atoms with Crippen molar-refractivity contribution in [3.8, 4) is 11.3 Å². The molecule has 0 N–H and O–H groups in total. The minimum absolute atomic E-state index is 0.00860. The number of thioether (sulfide) groups is 1. The molecule has 3 aromatic carbocycles. The van der Waals surface area contributed by atoms with Gasteiger partial charge in [0.15, 0.2) is 23.7 Å². The van der Waals surface area contributed by atoms with Crippen LogP contribution in [0.5, 0.6) is 0 Å². The summed E-state index contributed by atoms with van der Waals surface area (Å²) in [6.07, 6.45) is -0.267. The van der Waals surface area contributed by atoms with Gasteiger partial charge in [0.2, 0.25) is 0 Å². The fourth-order valence-electron chi connectivity index (χ4n) is 5.84. The zero-order valence-electron chi connectivity index (χ0n) is 24.4. The summed E-state index contributed by atoms with van der Waals surface area (Å²) in [5, 5.41) is 8.91. The van der Waals surface area contributed by atoms with Crippen molar-refractivity contribution < 1.29 is 36.9 Å². The van der Waals surface area contributed by atoms with Crippen molar-refractivity contribution in [1.29, 1.82) is 0 Å². The number of amides is 1. The Balaban J connectivity index is 1.25. The zero-order chi connectivity index (χ0) is 31.9. The van der Waals surface area contributed by atoms with Crippen LogP contribution in [-0.2, 0) is 18.9 Å². The van der Waals surface area contributed by atoms with Crippen molar-refractivity contribution in [2.45, 2.75) is 47.4 Å². The lowest BCUT2D eigenvalue weighted by molar-refractivity contribution is -0.308. The summed E-state index contributed by atoms with van der Waals surface area (Å²) in [5.41, 5.74) is 0.717. The Labute approximate surface area is 271 Å². The second-order valence-corrected chi connectivity index (χ2v) is 12.7. The number of methoxy groups -OCH3 is 1. The first-order valence-corrected chi connectivity index (χ1v) is 15.9. The summed E-state index contributed by atoms with van der Waals surface area (Å²) in [5.74, 6) is -4.35. The van der Waals surface area contributed by atoms with Crippen LogP contribution >= 0.6 is 23.4 Å². The maximum absolute atomic E-state index is 14.1. The van der Waals surface area contributed by atoms with E-state index in [1.54, 1.807) is 23.1 Å². The largest absolute Gasteiger partial charge is 0.375 e. The first-order valence-electron chi connectivity index (χ1n) is 14.6. The molecule has 0 aliphatic carbocycles. The highest BCUT2D eigenvalue weighted by atomic mass is 35.5. The molecule has 3 aliphatic rings. The van der Waals surface area contributed by atoms with Crippen LogP contribution in [0.15, 0.2) is 71.8 Å². The maximum atomic E-state index is 14.1. The molecule has 240 valence electrons. The Hall–Kier alpha value is -3.46. The summed E-state index contributed by atoms with van der Waals surface area (Å²) in [7, 11) is 1.52. The van der Waals surface area contributed by atoms with E-state index in [4.69, 9.17) is 30.5 Å². The van der Waals surface area contributed by atoms with Crippen LogP contribution in [0.3, 0.4) is 0 Å². The van der Waals surface area contributed by atoms with Crippen LogP contribution < -0.4 is 0 Å². The Morgan fingerprint density at radius 3 is 2.50 bits per heavy atom. The summed E-state index contributed by atoms with van der Waals surface area (Å²) >= 11 is 7.68. The lowest BCUT2D eigenvalue weighted by atomic mass is 9.95. The third kappa shape index (κ3) is 5.91. The van der Waals surface area contributed by atoms with E-state index in [0.717, 1.165) is 24.1 Å². The molecule has 6 atom stereocenters. The van der Waals surface area contributed by atoms with Crippen molar-refractivity contribution >= 4 is 29.3 Å². The second kappa shape index (κ2) is 13.0. The molecule has 14 heteroatoms. The first kappa shape index (κ1) is 31.2. The number of benzene rings is 3. The number of carbonyl (C=O) groups is 1. The van der Waals surface area contributed by atoms with Gasteiger partial charge in [0.1, 0.15) is 35.5 Å². The minimum atomic E-state index is -1.57. The van der Waals surface area contributed by atoms with E-state index in [2.05, 4.69) is 10.3 Å². The van der Waals surface area contributed by atoms with Gasteiger partial charge >= 0.3 is 0 Å². The molecule has 3 fully saturated rings. The van der Waals surface area contributed by atoms with Crippen molar-refractivity contribution in [3.63, 3.8) is 0 Å². The van der Waals surface area contributed by atoms with Crippen LogP contribution in [-0.4, -0.2) is 76.4 Å². The van der Waals surface area contributed by atoms with Crippen molar-refractivity contribution in [2.75, 3.05) is 26.8 Å². The molecule has 3 saturated heterocycles. The molecule has 0 spiro atoms. The Kier molecular flexibility index (Phi) is 8.79. The standard InChI is InChI=1S/C32H28ClF3N4O5S/c1-42-29-27(40-15-23(37-38-40)18-12-21(34)26(36)22(35)13-18)28-24(16-43-31(45-28)17-6-3-2-4-7-17)44-32(29)46-25-14-19(33)8-9-20(25)30(41)39-10-5-11-39/h2-4,6-9,12-15,24,27-29,31-32H,5,10-11,16H2,1H3/t24?,27-,28-,29?,31?,32+/m0/s1. The molecule has 3 aliphatic heterocycles. The van der Waals surface area contributed by atoms with E-state index >= 15 is 0 Å². The Bertz CT molecular complexity index is 1720. The molecule has 0 bridgehead atoms. The third-order valence-electron chi connectivity index (χ3n) is 8.31. The highest BCUT2D eigenvalue weighted by Gasteiger charge is 2.52. The summed E-state index contributed by atoms with van der Waals surface area (Å²) in [4.78, 5) is 15.7. The van der Waals surface area contributed by atoms with Gasteiger partial charge in [0, 0.05) is 41.2 Å². The fraction of sp³-hybridized carbons (Fsp3) is 0.344. The number of hydrogen-bond donors (Lipinski definition) is 0. The molecule has 4 aromatic rings. The van der Waals surface area contributed by atoms with Crippen LogP contribution in [0, 0.1) is 17.5 Å². The van der Waals surface area contributed by atoms with E-state index in [9.17, 15) is 18.0 Å². The van der Waals surface area contributed by atoms with Crippen molar-refractivity contribution in [3.05, 3.63) is 100 Å². The van der Waals surface area contributed by atoms with Crippen LogP contribution in [0.2, 0.25) is 5.02 Å². The maximum Gasteiger partial charge on any atom is 0.254 e. The normalized spacial score (nSPS) is 26.0. The van der Waals surface area contributed by atoms with Crippen LogP contribution in [0.25, 0.3) is 11.3 Å². The van der Waals surface area contributed by atoms with Crippen molar-refractivity contribution in [2.24, 2.45) is 0 Å². The van der Waals surface area contributed by atoms with Crippen LogP contribution in [0.4, 0.5) is 13.2 Å². The van der Waals surface area contributed by atoms with E-state index in [-0.39, 0.29) is 23.8 Å². The summed E-state index contributed by atoms with van der Waals surface area (Å²) in [6, 6.07) is 15.6. The summed E-state index contributed by atoms with van der Waals surface area (Å²) in [6.45, 7) is 1.54. The monoisotopic (exact) mass is 672 g/mol. The number of aromatic nitrogens is 3. The van der Waals surface area contributed by atoms with Gasteiger partial charge in [-0.15, -0.1) is 5.10 Å². The third-order valence-corrected chi connectivity index (χ3v) is 9.75. The van der Waals surface area contributed by atoms with Gasteiger partial charge < -0.3 is 23.8 Å². The molecular formula is C32H28ClF3N4O5S. The number of likely N-dealkylation sites (tertiary alicyclic amines) is 1. The van der Waals surface area contributed by atoms with Crippen molar-refractivity contribution in [1.82, 2.24) is 19.9 Å². The van der Waals surface area contributed by atoms with Gasteiger partial charge in [-0.25, -0.2) is 17.9 Å². The van der Waals surface area contributed by atoms with Gasteiger partial charge in [0.05, 0.1) is 18.4 Å². The molecule has 0 radical (unpaired) electrons. The van der Waals surface area contributed by atoms with Gasteiger partial charge in [-0.1, -0.05) is 58.9 Å². The number of rotatable bonds is 7. The molecule has 4 heterocycles. The molecule has 7 rings (SSSR count). The predicted molar refractivity (Wildman–Crippen MR) is 162 cm³/mol. The summed E-state index contributed by atoms with van der Waals surface area (Å²) < 4.78 is 68.6. The van der Waals surface area contributed by atoms with Gasteiger partial charge in [0.25, 0.3) is 5.91 Å². The van der Waals surface area contributed by atoms with E-state index in [0.29, 0.717) is 28.6 Å². The second-order valence-electron chi connectivity index (χ2n) is 11.2. The number of carbonyl (C=O) groups excluding carboxylic acids is 1. The SMILES string of the molecule is COC1[C@@H](Sc2cc(Cl)ccc2C(=O)N2CCC2)OC2COC(c3ccccc3)O[C@@H]2[C@@H]1n1cc(-c2cc(F)c(F)c(F)c2)nn1. The van der Waals surface area contributed by atoms with E-state index in [1.165, 1.54) is 29.8 Å². The average Bonchev–Trinajstić information content (AvgIpc) is 3.52. The highest BCUT2D eigenvalue weighted by molar-refractivity contribution is 8.00. The molecule has 46 heavy (non-hydrogen) atoms. The number of nitrogens with zero attached hydrogens (tertiary/aromatic N) is 4. The fourth-order valence-corrected chi connectivity index (χ4v) is 7.41. The van der Waals surface area contributed by atoms with Gasteiger partial charge in [-0.05, 0) is 36.8 Å². The molecule has 1 amide bonds. The number of ether oxygens (including phenoxy) is 4. The molecule has 0 saturated carbocycles. The van der Waals surface area contributed by atoms with E-state index in [1.807, 2.05) is 30.3 Å². The molecular weight excluding hydrogens is 645 g/mol. The minimum Gasteiger partial charge on any atom is -0.375 e. The Morgan fingerprint density at radius 2 is 1.80 bits per heavy atom. The number of halogens is 4. The molecule has 1 aromatic heterocycles. The average molecular weight is 673 g/mol. The smallest absolute Gasteiger partial charge is 0.254 e.